The average molecular weight is 325 g/mol. The SMILES string of the molecule is O=Cc1ccccc1-c1cc2oc3cc(Cl)ccc3c2cc1F. The largest absolute Gasteiger partial charge is 0.456 e. The van der Waals surface area contributed by atoms with Crippen molar-refractivity contribution < 1.29 is 13.6 Å². The van der Waals surface area contributed by atoms with E-state index < -0.39 is 5.82 Å². The Morgan fingerprint density at radius 3 is 2.52 bits per heavy atom. The van der Waals surface area contributed by atoms with Gasteiger partial charge in [0.1, 0.15) is 17.0 Å². The van der Waals surface area contributed by atoms with Crippen molar-refractivity contribution in [2.75, 3.05) is 0 Å². The van der Waals surface area contributed by atoms with Crippen molar-refractivity contribution >= 4 is 39.8 Å². The summed E-state index contributed by atoms with van der Waals surface area (Å²) in [6.45, 7) is 0. The lowest BCUT2D eigenvalue weighted by atomic mass is 9.98. The molecule has 3 aromatic carbocycles. The third-order valence-electron chi connectivity index (χ3n) is 3.90. The number of rotatable bonds is 2. The average Bonchev–Trinajstić information content (AvgIpc) is 2.90. The van der Waals surface area contributed by atoms with Gasteiger partial charge in [-0.3, -0.25) is 4.79 Å². The van der Waals surface area contributed by atoms with Crippen molar-refractivity contribution in [3.8, 4) is 11.1 Å². The second kappa shape index (κ2) is 5.21. The summed E-state index contributed by atoms with van der Waals surface area (Å²) >= 11 is 5.97. The van der Waals surface area contributed by atoms with Crippen LogP contribution < -0.4 is 0 Å². The van der Waals surface area contributed by atoms with E-state index in [2.05, 4.69) is 0 Å². The lowest BCUT2D eigenvalue weighted by molar-refractivity contribution is 0.112. The van der Waals surface area contributed by atoms with Crippen molar-refractivity contribution in [1.29, 1.82) is 0 Å². The highest BCUT2D eigenvalue weighted by Gasteiger charge is 2.15. The highest BCUT2D eigenvalue weighted by molar-refractivity contribution is 6.31. The molecule has 0 spiro atoms. The van der Waals surface area contributed by atoms with Crippen molar-refractivity contribution in [2.45, 2.75) is 0 Å². The molecule has 1 aromatic heterocycles. The molecule has 0 atom stereocenters. The minimum Gasteiger partial charge on any atom is -0.456 e. The molecule has 4 aromatic rings. The fourth-order valence-electron chi connectivity index (χ4n) is 2.82. The van der Waals surface area contributed by atoms with Crippen LogP contribution in [0.1, 0.15) is 10.4 Å². The van der Waals surface area contributed by atoms with E-state index in [1.807, 2.05) is 6.07 Å². The van der Waals surface area contributed by atoms with Gasteiger partial charge in [0.2, 0.25) is 0 Å². The maximum absolute atomic E-state index is 14.6. The highest BCUT2D eigenvalue weighted by Crippen LogP contribution is 2.35. The molecule has 0 N–H and O–H groups in total. The summed E-state index contributed by atoms with van der Waals surface area (Å²) in [5.41, 5.74) is 2.47. The lowest BCUT2D eigenvalue weighted by Gasteiger charge is -2.06. The molecule has 1 heterocycles. The van der Waals surface area contributed by atoms with E-state index in [-0.39, 0.29) is 0 Å². The van der Waals surface area contributed by atoms with E-state index in [4.69, 9.17) is 16.0 Å². The first kappa shape index (κ1) is 14.0. The minimum atomic E-state index is -0.399. The quantitative estimate of drug-likeness (QED) is 0.432. The Morgan fingerprint density at radius 1 is 0.913 bits per heavy atom. The Morgan fingerprint density at radius 2 is 1.70 bits per heavy atom. The van der Waals surface area contributed by atoms with Crippen molar-refractivity contribution in [1.82, 2.24) is 0 Å². The number of carbonyl (C=O) groups excluding carboxylic acids is 1. The lowest BCUT2D eigenvalue weighted by Crippen LogP contribution is -1.90. The van der Waals surface area contributed by atoms with Gasteiger partial charge in [-0.2, -0.15) is 0 Å². The van der Waals surface area contributed by atoms with Gasteiger partial charge >= 0.3 is 0 Å². The maximum Gasteiger partial charge on any atom is 0.150 e. The van der Waals surface area contributed by atoms with Crippen molar-refractivity contribution in [2.24, 2.45) is 0 Å². The van der Waals surface area contributed by atoms with Crippen LogP contribution in [0.15, 0.2) is 59.0 Å². The van der Waals surface area contributed by atoms with Crippen molar-refractivity contribution in [3.63, 3.8) is 0 Å². The summed E-state index contributed by atoms with van der Waals surface area (Å²) in [7, 11) is 0. The van der Waals surface area contributed by atoms with Crippen LogP contribution in [0.4, 0.5) is 4.39 Å². The molecule has 23 heavy (non-hydrogen) atoms. The van der Waals surface area contributed by atoms with Gasteiger partial charge in [-0.05, 0) is 29.8 Å². The number of benzene rings is 3. The molecule has 0 saturated heterocycles. The molecule has 4 heteroatoms. The summed E-state index contributed by atoms with van der Waals surface area (Å²) in [5, 5.41) is 2.04. The Hall–Kier alpha value is -2.65. The van der Waals surface area contributed by atoms with Crippen LogP contribution in [0, 0.1) is 5.82 Å². The first-order valence-corrected chi connectivity index (χ1v) is 7.41. The molecule has 112 valence electrons. The minimum absolute atomic E-state index is 0.338. The number of aldehydes is 1. The van der Waals surface area contributed by atoms with Crippen LogP contribution in [-0.2, 0) is 0 Å². The number of fused-ring (bicyclic) bond motifs is 3. The fourth-order valence-corrected chi connectivity index (χ4v) is 2.98. The number of furan rings is 1. The van der Waals surface area contributed by atoms with Crippen LogP contribution in [0.5, 0.6) is 0 Å². The van der Waals surface area contributed by atoms with E-state index in [0.29, 0.717) is 38.3 Å². The van der Waals surface area contributed by atoms with Gasteiger partial charge in [0.25, 0.3) is 0 Å². The van der Waals surface area contributed by atoms with Gasteiger partial charge in [-0.25, -0.2) is 4.39 Å². The second-order valence-corrected chi connectivity index (χ2v) is 5.71. The van der Waals surface area contributed by atoms with E-state index in [1.54, 1.807) is 42.5 Å². The Balaban J connectivity index is 2.04. The molecule has 0 radical (unpaired) electrons. The molecule has 0 amide bonds. The second-order valence-electron chi connectivity index (χ2n) is 5.28. The predicted molar refractivity (Wildman–Crippen MR) is 89.5 cm³/mol. The first-order chi connectivity index (χ1) is 11.2. The molecule has 0 unspecified atom stereocenters. The van der Waals surface area contributed by atoms with Gasteiger partial charge < -0.3 is 4.42 Å². The molecule has 0 fully saturated rings. The Bertz CT molecular complexity index is 1070. The molecule has 0 aliphatic heterocycles. The Labute approximate surface area is 136 Å². The summed E-state index contributed by atoms with van der Waals surface area (Å²) in [4.78, 5) is 11.2. The van der Waals surface area contributed by atoms with Crippen LogP contribution >= 0.6 is 11.6 Å². The molecular formula is C19H10ClFO2. The van der Waals surface area contributed by atoms with E-state index in [1.165, 1.54) is 6.07 Å². The molecule has 2 nitrogen and oxygen atoms in total. The number of hydrogen-bond acceptors (Lipinski definition) is 2. The Kier molecular flexibility index (Phi) is 3.17. The van der Waals surface area contributed by atoms with Crippen LogP contribution in [0.2, 0.25) is 5.02 Å². The van der Waals surface area contributed by atoms with Gasteiger partial charge in [0.15, 0.2) is 6.29 Å². The standard InChI is InChI=1S/C19H10ClFO2/c20-12-5-6-14-16-8-17(21)15(9-19(16)23-18(14)7-12)13-4-2-1-3-11(13)10-22/h1-10H. The number of carbonyl (C=O) groups is 1. The fraction of sp³-hybridized carbons (Fsp3) is 0. The van der Waals surface area contributed by atoms with Crippen LogP contribution in [-0.4, -0.2) is 6.29 Å². The first-order valence-electron chi connectivity index (χ1n) is 7.03. The normalized spacial score (nSPS) is 11.2. The zero-order valence-corrected chi connectivity index (χ0v) is 12.6. The van der Waals surface area contributed by atoms with Gasteiger partial charge in [-0.15, -0.1) is 0 Å². The zero-order chi connectivity index (χ0) is 16.0. The monoisotopic (exact) mass is 324 g/mol. The van der Waals surface area contributed by atoms with Gasteiger partial charge in [0.05, 0.1) is 0 Å². The predicted octanol–water partition coefficient (Wildman–Crippen LogP) is 5.86. The third kappa shape index (κ3) is 2.21. The van der Waals surface area contributed by atoms with Gasteiger partial charge in [-0.1, -0.05) is 35.9 Å². The van der Waals surface area contributed by atoms with E-state index in [9.17, 15) is 9.18 Å². The molecule has 0 aliphatic carbocycles. The third-order valence-corrected chi connectivity index (χ3v) is 4.14. The summed E-state index contributed by atoms with van der Waals surface area (Å²) in [6, 6.07) is 15.2. The topological polar surface area (TPSA) is 30.2 Å². The van der Waals surface area contributed by atoms with Crippen LogP contribution in [0.25, 0.3) is 33.1 Å². The molecule has 4 rings (SSSR count). The number of halogens is 2. The van der Waals surface area contributed by atoms with E-state index in [0.717, 1.165) is 11.7 Å². The highest BCUT2D eigenvalue weighted by atomic mass is 35.5. The van der Waals surface area contributed by atoms with Crippen LogP contribution in [0.3, 0.4) is 0 Å². The summed E-state index contributed by atoms with van der Waals surface area (Å²) in [5.74, 6) is -0.399. The summed E-state index contributed by atoms with van der Waals surface area (Å²) in [6.07, 6.45) is 0.720. The molecule has 0 aliphatic rings. The zero-order valence-electron chi connectivity index (χ0n) is 11.8. The van der Waals surface area contributed by atoms with Crippen molar-refractivity contribution in [3.05, 3.63) is 71.0 Å². The molecular weight excluding hydrogens is 315 g/mol. The molecule has 0 saturated carbocycles. The summed E-state index contributed by atoms with van der Waals surface area (Å²) < 4.78 is 20.4. The smallest absolute Gasteiger partial charge is 0.150 e. The number of hydrogen-bond donors (Lipinski definition) is 0. The molecule has 0 bridgehead atoms. The maximum atomic E-state index is 14.6. The van der Waals surface area contributed by atoms with E-state index >= 15 is 0 Å². The van der Waals surface area contributed by atoms with Gasteiger partial charge in [0, 0.05) is 33.0 Å².